The molecule has 0 aromatic heterocycles. The van der Waals surface area contributed by atoms with E-state index in [0.717, 1.165) is 0 Å². The van der Waals surface area contributed by atoms with Crippen LogP contribution in [0.25, 0.3) is 0 Å². The molecular formula is C20H20Cl2N2O4. The lowest BCUT2D eigenvalue weighted by molar-refractivity contribution is -0.116. The molecule has 0 aliphatic rings. The van der Waals surface area contributed by atoms with Gasteiger partial charge in [-0.05, 0) is 36.4 Å². The maximum atomic E-state index is 12.6. The molecule has 0 saturated carbocycles. The Labute approximate surface area is 173 Å². The van der Waals surface area contributed by atoms with Gasteiger partial charge in [0.1, 0.15) is 6.61 Å². The average molecular weight is 423 g/mol. The van der Waals surface area contributed by atoms with E-state index in [1.165, 1.54) is 25.1 Å². The van der Waals surface area contributed by atoms with Crippen LogP contribution in [0.1, 0.15) is 10.4 Å². The van der Waals surface area contributed by atoms with Gasteiger partial charge in [-0.2, -0.15) is 0 Å². The highest BCUT2D eigenvalue weighted by Gasteiger charge is 2.17. The molecule has 148 valence electrons. The second-order valence-electron chi connectivity index (χ2n) is 5.80. The van der Waals surface area contributed by atoms with Crippen molar-refractivity contribution in [3.8, 4) is 11.5 Å². The molecule has 0 saturated heterocycles. The summed E-state index contributed by atoms with van der Waals surface area (Å²) in [6, 6.07) is 9.55. The first kappa shape index (κ1) is 21.6. The Morgan fingerprint density at radius 1 is 1.14 bits per heavy atom. The van der Waals surface area contributed by atoms with Gasteiger partial charge in [0.2, 0.25) is 5.91 Å². The maximum Gasteiger partial charge on any atom is 0.254 e. The fourth-order valence-electron chi connectivity index (χ4n) is 2.35. The van der Waals surface area contributed by atoms with Gasteiger partial charge in [0, 0.05) is 18.3 Å². The molecule has 1 N–H and O–H groups in total. The SMILES string of the molecule is C=CCOc1ccc(C(=O)N(C)CC(=O)Nc2ccc(Cl)c(Cl)c2)cc1OC. The molecule has 0 heterocycles. The smallest absolute Gasteiger partial charge is 0.254 e. The second kappa shape index (κ2) is 10.0. The molecule has 2 aromatic rings. The van der Waals surface area contributed by atoms with Crippen molar-refractivity contribution in [3.05, 3.63) is 64.7 Å². The molecule has 0 unspecified atom stereocenters. The number of hydrogen-bond acceptors (Lipinski definition) is 4. The maximum absolute atomic E-state index is 12.6. The Morgan fingerprint density at radius 3 is 2.54 bits per heavy atom. The molecule has 28 heavy (non-hydrogen) atoms. The zero-order valence-corrected chi connectivity index (χ0v) is 17.0. The lowest BCUT2D eigenvalue weighted by Crippen LogP contribution is -2.34. The Bertz CT molecular complexity index is 887. The second-order valence-corrected chi connectivity index (χ2v) is 6.62. The fourth-order valence-corrected chi connectivity index (χ4v) is 2.65. The number of amides is 2. The highest BCUT2D eigenvalue weighted by Crippen LogP contribution is 2.28. The third kappa shape index (κ3) is 5.65. The Balaban J connectivity index is 2.03. The van der Waals surface area contributed by atoms with Gasteiger partial charge in [0.15, 0.2) is 11.5 Å². The number of anilines is 1. The van der Waals surface area contributed by atoms with Crippen molar-refractivity contribution < 1.29 is 19.1 Å². The molecule has 2 amide bonds. The number of carbonyl (C=O) groups is 2. The van der Waals surface area contributed by atoms with E-state index in [1.54, 1.807) is 36.4 Å². The fraction of sp³-hybridized carbons (Fsp3) is 0.200. The van der Waals surface area contributed by atoms with Gasteiger partial charge in [-0.1, -0.05) is 35.9 Å². The normalized spacial score (nSPS) is 10.1. The van der Waals surface area contributed by atoms with Gasteiger partial charge in [-0.15, -0.1) is 0 Å². The minimum atomic E-state index is -0.368. The first-order valence-electron chi connectivity index (χ1n) is 8.27. The van der Waals surface area contributed by atoms with E-state index in [9.17, 15) is 9.59 Å². The molecule has 0 fully saturated rings. The van der Waals surface area contributed by atoms with Crippen LogP contribution >= 0.6 is 23.2 Å². The molecule has 0 aliphatic heterocycles. The molecule has 8 heteroatoms. The van der Waals surface area contributed by atoms with E-state index in [0.29, 0.717) is 39.4 Å². The number of ether oxygens (including phenoxy) is 2. The highest BCUT2D eigenvalue weighted by atomic mass is 35.5. The third-order valence-corrected chi connectivity index (χ3v) is 4.44. The van der Waals surface area contributed by atoms with Gasteiger partial charge in [-0.25, -0.2) is 0 Å². The number of hydrogen-bond donors (Lipinski definition) is 1. The topological polar surface area (TPSA) is 67.9 Å². The number of likely N-dealkylation sites (N-methyl/N-ethyl adjacent to an activating group) is 1. The summed E-state index contributed by atoms with van der Waals surface area (Å²) in [5.74, 6) is 0.213. The van der Waals surface area contributed by atoms with Crippen LogP contribution in [-0.4, -0.2) is 44.0 Å². The van der Waals surface area contributed by atoms with Crippen LogP contribution in [0.2, 0.25) is 10.0 Å². The minimum Gasteiger partial charge on any atom is -0.493 e. The number of halogens is 2. The van der Waals surface area contributed by atoms with Crippen molar-refractivity contribution in [1.29, 1.82) is 0 Å². The van der Waals surface area contributed by atoms with E-state index in [-0.39, 0.29) is 18.4 Å². The van der Waals surface area contributed by atoms with Crippen LogP contribution < -0.4 is 14.8 Å². The van der Waals surface area contributed by atoms with E-state index >= 15 is 0 Å². The van der Waals surface area contributed by atoms with Crippen molar-refractivity contribution >= 4 is 40.7 Å². The lowest BCUT2D eigenvalue weighted by Gasteiger charge is -2.18. The highest BCUT2D eigenvalue weighted by molar-refractivity contribution is 6.42. The lowest BCUT2D eigenvalue weighted by atomic mass is 10.1. The molecular weight excluding hydrogens is 403 g/mol. The summed E-state index contributed by atoms with van der Waals surface area (Å²) < 4.78 is 10.7. The van der Waals surface area contributed by atoms with Gasteiger partial charge >= 0.3 is 0 Å². The van der Waals surface area contributed by atoms with Crippen molar-refractivity contribution in [2.24, 2.45) is 0 Å². The third-order valence-electron chi connectivity index (χ3n) is 3.70. The van der Waals surface area contributed by atoms with Crippen LogP contribution in [0.15, 0.2) is 49.1 Å². The molecule has 0 spiro atoms. The zero-order valence-electron chi connectivity index (χ0n) is 15.5. The predicted octanol–water partition coefficient (Wildman–Crippen LogP) is 4.28. The predicted molar refractivity (Wildman–Crippen MR) is 111 cm³/mol. The first-order valence-corrected chi connectivity index (χ1v) is 9.03. The van der Waals surface area contributed by atoms with Crippen LogP contribution in [0.5, 0.6) is 11.5 Å². The number of nitrogens with zero attached hydrogens (tertiary/aromatic N) is 1. The summed E-state index contributed by atoms with van der Waals surface area (Å²) in [7, 11) is 3.02. The summed E-state index contributed by atoms with van der Waals surface area (Å²) in [4.78, 5) is 26.1. The average Bonchev–Trinajstić information content (AvgIpc) is 2.68. The van der Waals surface area contributed by atoms with E-state index in [2.05, 4.69) is 11.9 Å². The number of rotatable bonds is 8. The van der Waals surface area contributed by atoms with Crippen molar-refractivity contribution in [2.75, 3.05) is 32.6 Å². The van der Waals surface area contributed by atoms with Crippen LogP contribution in [0.3, 0.4) is 0 Å². The molecule has 2 aromatic carbocycles. The number of methoxy groups -OCH3 is 1. The number of benzene rings is 2. The van der Waals surface area contributed by atoms with Crippen LogP contribution in [0.4, 0.5) is 5.69 Å². The standard InChI is InChI=1S/C20H20Cl2N2O4/c1-4-9-28-17-8-5-13(10-18(17)27-3)20(26)24(2)12-19(25)23-14-6-7-15(21)16(22)11-14/h4-8,10-11H,1,9,12H2,2-3H3,(H,23,25). The van der Waals surface area contributed by atoms with Crippen LogP contribution in [-0.2, 0) is 4.79 Å². The molecule has 0 aliphatic carbocycles. The van der Waals surface area contributed by atoms with Gasteiger partial charge in [-0.3, -0.25) is 9.59 Å². The molecule has 0 radical (unpaired) electrons. The minimum absolute atomic E-state index is 0.143. The molecule has 6 nitrogen and oxygen atoms in total. The van der Waals surface area contributed by atoms with E-state index in [1.807, 2.05) is 0 Å². The largest absolute Gasteiger partial charge is 0.493 e. The molecule has 0 bridgehead atoms. The number of carbonyl (C=O) groups excluding carboxylic acids is 2. The summed E-state index contributed by atoms with van der Waals surface area (Å²) in [6.07, 6.45) is 1.61. The summed E-state index contributed by atoms with van der Waals surface area (Å²) in [5.41, 5.74) is 0.860. The van der Waals surface area contributed by atoms with E-state index < -0.39 is 0 Å². The summed E-state index contributed by atoms with van der Waals surface area (Å²) in [5, 5.41) is 3.39. The Morgan fingerprint density at radius 2 is 1.89 bits per heavy atom. The monoisotopic (exact) mass is 422 g/mol. The quantitative estimate of drug-likeness (QED) is 0.644. The molecule has 2 rings (SSSR count). The summed E-state index contributed by atoms with van der Waals surface area (Å²) in [6.45, 7) is 3.76. The van der Waals surface area contributed by atoms with Crippen molar-refractivity contribution in [1.82, 2.24) is 4.90 Å². The zero-order chi connectivity index (χ0) is 20.7. The van der Waals surface area contributed by atoms with Crippen LogP contribution in [0, 0.1) is 0 Å². The van der Waals surface area contributed by atoms with Gasteiger partial charge in [0.05, 0.1) is 23.7 Å². The Kier molecular flexibility index (Phi) is 7.72. The first-order chi connectivity index (χ1) is 13.3. The van der Waals surface area contributed by atoms with Crippen molar-refractivity contribution in [3.63, 3.8) is 0 Å². The Hall–Kier alpha value is -2.70. The summed E-state index contributed by atoms with van der Waals surface area (Å²) >= 11 is 11.8. The molecule has 0 atom stereocenters. The number of nitrogens with one attached hydrogen (secondary N) is 1. The van der Waals surface area contributed by atoms with E-state index in [4.69, 9.17) is 32.7 Å². The van der Waals surface area contributed by atoms with Gasteiger partial charge in [0.25, 0.3) is 5.91 Å². The van der Waals surface area contributed by atoms with Crippen molar-refractivity contribution in [2.45, 2.75) is 0 Å². The van der Waals surface area contributed by atoms with Gasteiger partial charge < -0.3 is 19.7 Å².